The largest absolute Gasteiger partial charge is 0.481 e. The summed E-state index contributed by atoms with van der Waals surface area (Å²) in [7, 11) is 4.98. The van der Waals surface area contributed by atoms with Gasteiger partial charge in [-0.3, -0.25) is 28.8 Å². The summed E-state index contributed by atoms with van der Waals surface area (Å²) in [6.45, 7) is 16.7. The van der Waals surface area contributed by atoms with Crippen molar-refractivity contribution in [3.8, 4) is 11.5 Å². The summed E-state index contributed by atoms with van der Waals surface area (Å²) in [5.41, 5.74) is 3.42. The van der Waals surface area contributed by atoms with Gasteiger partial charge in [-0.1, -0.05) is 132 Å². The molecule has 2 saturated carbocycles. The number of carboxylic acids is 6. The molecule has 756 valence electrons. The SMILES string of the molecule is C.COCC(OC(=O)C(C)OC(=O)C(C)C)C(=O)OC(C)C(=O)O.COCC(OC(=O)C(C)OC(=O)C(C)C)C(=O)OC(C)C(=O)O.COCC(OC(=O)C(C)OC(=O)C(C)O)C(=O)OC(C)C(=O)O.COCC(OC(=O)C(C)OC(=O)C(C)O)C(=O)OC(C)C(=O)O.O=C(O)C1C(c2ccccc2)C(C(=O)O)C1c1ccccc1.O=C1Oc2ccccc2C2C1C1c3ccccc3OC(=O)C21. The normalized spacial score (nSPS) is 19.4. The molecule has 2 fully saturated rings. The highest BCUT2D eigenvalue weighted by molar-refractivity contribution is 5.93. The number of fused-ring (bicyclic) bond motifs is 8. The standard InChI is InChI=1S/C18H12O4.C18H16O4.2C14H22O9.2C13H20O10.CH4/c19-17-15-13(9-5-1-3-7-11(9)21-17)16-14(15)10-6-2-4-8-12(10)22-18(16)20;19-17(20)15-13(11-7-3-1-4-8-11)16(18(21)22)14(15)12-9-5-2-6-10-12;2*1-7(2)12(17)22-9(4)13(18)23-10(6-20-5)14(19)21-8(3)11(15)16;2*1-6(14)11(17)22-8(3)12(18)23-9(5-20-4)13(19)21-7(2)10(15)16;/h1-8,13-16H;1-10,13-16H,(H,19,20)(H,21,22);2*7-10H,6H2,1-5H3,(H,15,16);2*6-9,14H,5H2,1-4H3,(H,15,16);1H4. The van der Waals surface area contributed by atoms with E-state index in [1.807, 2.05) is 72.8 Å². The van der Waals surface area contributed by atoms with Crippen LogP contribution in [0.3, 0.4) is 0 Å². The number of benzene rings is 4. The average molecular weight is 1950 g/mol. The van der Waals surface area contributed by atoms with Crippen molar-refractivity contribution in [3.05, 3.63) is 131 Å². The first kappa shape index (κ1) is 119. The van der Waals surface area contributed by atoms with Gasteiger partial charge < -0.3 is 126 Å². The summed E-state index contributed by atoms with van der Waals surface area (Å²) in [6.07, 6.45) is -19.8. The van der Waals surface area contributed by atoms with E-state index < -0.39 is 228 Å². The Hall–Kier alpha value is -14.0. The first-order valence-electron chi connectivity index (χ1n) is 41.6. The van der Waals surface area contributed by atoms with E-state index >= 15 is 0 Å². The van der Waals surface area contributed by atoms with E-state index in [2.05, 4.69) is 28.4 Å². The number of para-hydroxylation sites is 2. The van der Waals surface area contributed by atoms with Crippen LogP contribution in [0.1, 0.15) is 150 Å². The second-order valence-corrected chi connectivity index (χ2v) is 30.8. The van der Waals surface area contributed by atoms with E-state index in [1.165, 1.54) is 56.1 Å². The molecule has 4 aromatic rings. The number of aliphatic carboxylic acids is 6. The number of methoxy groups -OCH3 is 4. The summed E-state index contributed by atoms with van der Waals surface area (Å²) in [4.78, 5) is 230. The number of carbonyl (C=O) groups is 20. The maximum atomic E-state index is 12.4. The quantitative estimate of drug-likeness (QED) is 0.0175. The lowest BCUT2D eigenvalue weighted by Gasteiger charge is -2.53. The Balaban J connectivity index is 0.000000555. The predicted molar refractivity (Wildman–Crippen MR) is 459 cm³/mol. The molecule has 14 atom stereocenters. The van der Waals surface area contributed by atoms with Crippen molar-refractivity contribution in [2.45, 2.75) is 213 Å². The zero-order chi connectivity index (χ0) is 103. The van der Waals surface area contributed by atoms with E-state index in [4.69, 9.17) is 87.5 Å². The fourth-order valence-electron chi connectivity index (χ4n) is 12.4. The van der Waals surface area contributed by atoms with Gasteiger partial charge in [-0.25, -0.2) is 67.1 Å². The zero-order valence-electron chi connectivity index (χ0n) is 77.2. The first-order chi connectivity index (χ1) is 63.7. The van der Waals surface area contributed by atoms with Crippen molar-refractivity contribution in [1.82, 2.24) is 0 Å². The number of aliphatic hydroxyl groups is 2. The number of ether oxygens (including phenoxy) is 18. The summed E-state index contributed by atoms with van der Waals surface area (Å²) in [6, 6.07) is 33.0. The zero-order valence-corrected chi connectivity index (χ0v) is 77.2. The lowest BCUT2D eigenvalue weighted by atomic mass is 9.51. The van der Waals surface area contributed by atoms with Crippen LogP contribution in [0.5, 0.6) is 11.5 Å². The van der Waals surface area contributed by atoms with Crippen molar-refractivity contribution in [2.24, 2.45) is 35.5 Å². The van der Waals surface area contributed by atoms with E-state index in [0.717, 1.165) is 63.8 Å². The number of hydrogen-bond donors (Lipinski definition) is 8. The minimum atomic E-state index is -1.53. The molecule has 14 unspecified atom stereocenters. The summed E-state index contributed by atoms with van der Waals surface area (Å²) in [5, 5.41) is 71.9. The van der Waals surface area contributed by atoms with Crippen molar-refractivity contribution >= 4 is 119 Å². The van der Waals surface area contributed by atoms with Gasteiger partial charge in [-0.15, -0.1) is 0 Å². The first-order valence-corrected chi connectivity index (χ1v) is 41.6. The second-order valence-electron chi connectivity index (χ2n) is 30.8. The molecule has 8 rings (SSSR count). The van der Waals surface area contributed by atoms with Gasteiger partial charge in [0.2, 0.25) is 24.4 Å². The molecule has 46 heteroatoms. The highest BCUT2D eigenvalue weighted by Crippen LogP contribution is 2.64. The Morgan fingerprint density at radius 3 is 0.686 bits per heavy atom. The molecule has 0 saturated heterocycles. The van der Waals surface area contributed by atoms with Gasteiger partial charge in [0.1, 0.15) is 23.7 Å². The van der Waals surface area contributed by atoms with Crippen LogP contribution in [0, 0.1) is 35.5 Å². The molecule has 4 aromatic carbocycles. The number of aliphatic hydroxyl groups excluding tert-OH is 2. The summed E-state index contributed by atoms with van der Waals surface area (Å²) in [5.74, 6) is -22.6. The molecule has 8 N–H and O–H groups in total. The van der Waals surface area contributed by atoms with E-state index in [9.17, 15) is 106 Å². The second kappa shape index (κ2) is 57.7. The third-order valence-corrected chi connectivity index (χ3v) is 19.6. The molecule has 46 nitrogen and oxygen atoms in total. The lowest BCUT2D eigenvalue weighted by Crippen LogP contribution is -2.56. The predicted octanol–water partition coefficient (Wildman–Crippen LogP) is 4.29. The number of rotatable bonds is 40. The maximum Gasteiger partial charge on any atom is 0.350 e. The molecule has 2 aliphatic heterocycles. The van der Waals surface area contributed by atoms with Gasteiger partial charge in [0, 0.05) is 52.1 Å². The Bertz CT molecular complexity index is 4310. The minimum absolute atomic E-state index is 0. The molecule has 0 radical (unpaired) electrons. The number of esters is 14. The van der Waals surface area contributed by atoms with Gasteiger partial charge in [0.05, 0.1) is 61.9 Å². The van der Waals surface area contributed by atoms with E-state index in [-0.39, 0.29) is 69.5 Å². The highest BCUT2D eigenvalue weighted by Gasteiger charge is 2.64. The van der Waals surface area contributed by atoms with Crippen LogP contribution in [0.15, 0.2) is 109 Å². The average Bonchev–Trinajstić information content (AvgIpc) is 0.694. The van der Waals surface area contributed by atoms with Gasteiger partial charge in [0.25, 0.3) is 0 Å². The lowest BCUT2D eigenvalue weighted by molar-refractivity contribution is -0.186. The van der Waals surface area contributed by atoms with Gasteiger partial charge >= 0.3 is 119 Å². The molecule has 2 heterocycles. The third kappa shape index (κ3) is 36.3. The van der Waals surface area contributed by atoms with Gasteiger partial charge in [0.15, 0.2) is 48.8 Å². The van der Waals surface area contributed by atoms with Gasteiger partial charge in [-0.05, 0) is 104 Å². The van der Waals surface area contributed by atoms with Crippen LogP contribution in [0.25, 0.3) is 0 Å². The fraction of sp³-hybridized carbons (Fsp3) is 0.516. The molecule has 2 aliphatic carbocycles. The Kier molecular flexibility index (Phi) is 50.2. The summed E-state index contributed by atoms with van der Waals surface area (Å²) >= 11 is 0. The number of carbonyl (C=O) groups excluding carboxylic acids is 14. The molecule has 4 aliphatic rings. The molecule has 0 amide bonds. The van der Waals surface area contributed by atoms with Crippen molar-refractivity contribution in [1.29, 1.82) is 0 Å². The van der Waals surface area contributed by atoms with Gasteiger partial charge in [-0.2, -0.15) is 0 Å². The third-order valence-electron chi connectivity index (χ3n) is 19.6. The van der Waals surface area contributed by atoms with E-state index in [0.29, 0.717) is 11.5 Å². The van der Waals surface area contributed by atoms with Crippen molar-refractivity contribution in [3.63, 3.8) is 0 Å². The molecule has 0 spiro atoms. The maximum absolute atomic E-state index is 12.4. The molecule has 0 aromatic heterocycles. The molecular weight excluding hydrogens is 1830 g/mol. The Morgan fingerprint density at radius 2 is 0.482 bits per heavy atom. The van der Waals surface area contributed by atoms with Crippen LogP contribution in [0.2, 0.25) is 0 Å². The number of hydrogen-bond acceptors (Lipinski definition) is 40. The highest BCUT2D eigenvalue weighted by atomic mass is 16.7. The summed E-state index contributed by atoms with van der Waals surface area (Å²) < 4.78 is 86.4. The Labute approximate surface area is 785 Å². The minimum Gasteiger partial charge on any atom is -0.481 e. The molecule has 0 bridgehead atoms. The molecular formula is C91H116O46. The van der Waals surface area contributed by atoms with Crippen molar-refractivity contribution < 1.29 is 222 Å². The number of carboxylic acid groups (broad SMARTS) is 6. The van der Waals surface area contributed by atoms with Crippen LogP contribution >= 0.6 is 0 Å². The Morgan fingerprint density at radius 1 is 0.270 bits per heavy atom. The monoisotopic (exact) mass is 1940 g/mol. The van der Waals surface area contributed by atoms with Crippen molar-refractivity contribution in [2.75, 3.05) is 54.9 Å². The van der Waals surface area contributed by atoms with Crippen LogP contribution < -0.4 is 9.47 Å². The van der Waals surface area contributed by atoms with Crippen LogP contribution in [0.4, 0.5) is 0 Å². The van der Waals surface area contributed by atoms with Crippen LogP contribution in [-0.4, -0.2) is 301 Å². The molecule has 137 heavy (non-hydrogen) atoms. The van der Waals surface area contributed by atoms with E-state index in [1.54, 1.807) is 64.1 Å². The fourth-order valence-corrected chi connectivity index (χ4v) is 12.4. The topological polar surface area (TPSA) is 669 Å². The smallest absolute Gasteiger partial charge is 0.350 e. The van der Waals surface area contributed by atoms with Crippen LogP contribution in [-0.2, 0) is 172 Å².